The van der Waals surface area contributed by atoms with E-state index < -0.39 is 5.60 Å². The monoisotopic (exact) mass is 380 g/mol. The lowest BCUT2D eigenvalue weighted by Crippen LogP contribution is -2.34. The van der Waals surface area contributed by atoms with Crippen LogP contribution in [-0.4, -0.2) is 55.2 Å². The first kappa shape index (κ1) is 20.6. The van der Waals surface area contributed by atoms with Gasteiger partial charge in [-0.2, -0.15) is 0 Å². The summed E-state index contributed by atoms with van der Waals surface area (Å²) < 4.78 is 5.97. The fourth-order valence-electron chi connectivity index (χ4n) is 3.86. The van der Waals surface area contributed by atoms with E-state index in [1.165, 1.54) is 11.1 Å². The molecule has 0 aliphatic carbocycles. The maximum absolute atomic E-state index is 10.9. The maximum atomic E-state index is 10.9. The van der Waals surface area contributed by atoms with Gasteiger partial charge >= 0.3 is 0 Å². The molecule has 0 aromatic heterocycles. The fourth-order valence-corrected chi connectivity index (χ4v) is 3.86. The number of fused-ring (bicyclic) bond motifs is 1. The largest absolute Gasteiger partial charge is 0.492 e. The Morgan fingerprint density at radius 3 is 2.68 bits per heavy atom. The Bertz CT molecular complexity index is 813. The number of nitrogens with zero attached hydrogens (tertiary/aromatic N) is 2. The smallest absolute Gasteiger partial charge is 0.123 e. The average molecular weight is 381 g/mol. The van der Waals surface area contributed by atoms with E-state index in [9.17, 15) is 5.11 Å². The van der Waals surface area contributed by atoms with Crippen LogP contribution >= 0.6 is 0 Å². The van der Waals surface area contributed by atoms with E-state index in [0.717, 1.165) is 36.5 Å². The van der Waals surface area contributed by atoms with Crippen LogP contribution in [0.5, 0.6) is 5.75 Å². The van der Waals surface area contributed by atoms with E-state index in [1.54, 1.807) is 0 Å². The third-order valence-electron chi connectivity index (χ3n) is 5.05. The van der Waals surface area contributed by atoms with Gasteiger partial charge in [-0.25, -0.2) is 0 Å². The SMILES string of the molecule is C/C(=C\c1ccccc1)CN1CCOc2ccc(C(C)(O)CN(C)C)cc2C1. The summed E-state index contributed by atoms with van der Waals surface area (Å²) in [6.45, 7) is 7.92. The minimum atomic E-state index is -0.890. The number of benzene rings is 2. The highest BCUT2D eigenvalue weighted by Gasteiger charge is 2.26. The van der Waals surface area contributed by atoms with Crippen LogP contribution in [0, 0.1) is 0 Å². The zero-order valence-corrected chi connectivity index (χ0v) is 17.5. The van der Waals surface area contributed by atoms with Crippen LogP contribution in [0.2, 0.25) is 0 Å². The summed E-state index contributed by atoms with van der Waals surface area (Å²) in [6.07, 6.45) is 2.24. The molecule has 1 aliphatic rings. The second-order valence-corrected chi connectivity index (χ2v) is 8.29. The normalized spacial score (nSPS) is 17.6. The lowest BCUT2D eigenvalue weighted by Gasteiger charge is -2.28. The Morgan fingerprint density at radius 1 is 1.21 bits per heavy atom. The Hall–Kier alpha value is -2.14. The summed E-state index contributed by atoms with van der Waals surface area (Å²) in [4.78, 5) is 4.41. The second kappa shape index (κ2) is 8.91. The summed E-state index contributed by atoms with van der Waals surface area (Å²) >= 11 is 0. The van der Waals surface area contributed by atoms with Gasteiger partial charge in [0.1, 0.15) is 12.4 Å². The summed E-state index contributed by atoms with van der Waals surface area (Å²) in [7, 11) is 3.95. The van der Waals surface area contributed by atoms with E-state index >= 15 is 0 Å². The standard InChI is InChI=1S/C24H32N2O2/c1-19(14-20-8-6-5-7-9-20)16-26-12-13-28-23-11-10-22(15-21(23)17-26)24(2,27)18-25(3)4/h5-11,14-15,27H,12-13,16-18H2,1-4H3/b19-14+. The third kappa shape index (κ3) is 5.44. The molecular weight excluding hydrogens is 348 g/mol. The van der Waals surface area contributed by atoms with Crippen molar-refractivity contribution in [2.24, 2.45) is 0 Å². The molecule has 0 fully saturated rings. The Kier molecular flexibility index (Phi) is 6.55. The van der Waals surface area contributed by atoms with Crippen molar-refractivity contribution in [2.75, 3.05) is 40.3 Å². The van der Waals surface area contributed by atoms with E-state index in [2.05, 4.69) is 48.2 Å². The van der Waals surface area contributed by atoms with E-state index in [-0.39, 0.29) is 0 Å². The number of hydrogen-bond donors (Lipinski definition) is 1. The minimum Gasteiger partial charge on any atom is -0.492 e. The van der Waals surface area contributed by atoms with Crippen LogP contribution < -0.4 is 4.74 Å². The quantitative estimate of drug-likeness (QED) is 0.828. The number of aliphatic hydroxyl groups is 1. The van der Waals surface area contributed by atoms with E-state index in [1.807, 2.05) is 44.1 Å². The van der Waals surface area contributed by atoms with Crippen molar-refractivity contribution in [2.45, 2.75) is 26.0 Å². The molecule has 3 rings (SSSR count). The molecule has 1 aliphatic heterocycles. The molecule has 0 saturated heterocycles. The van der Waals surface area contributed by atoms with Crippen molar-refractivity contribution in [1.29, 1.82) is 0 Å². The minimum absolute atomic E-state index is 0.579. The summed E-state index contributed by atoms with van der Waals surface area (Å²) in [5, 5.41) is 10.9. The van der Waals surface area contributed by atoms with Crippen molar-refractivity contribution in [3.05, 3.63) is 70.8 Å². The van der Waals surface area contributed by atoms with Gasteiger partial charge in [-0.1, -0.05) is 48.0 Å². The summed E-state index contributed by atoms with van der Waals surface area (Å²) in [5.41, 5.74) is 3.74. The lowest BCUT2D eigenvalue weighted by atomic mass is 9.93. The Labute approximate surface area is 169 Å². The molecule has 1 atom stereocenters. The second-order valence-electron chi connectivity index (χ2n) is 8.29. The molecule has 0 spiro atoms. The molecule has 4 nitrogen and oxygen atoms in total. The Balaban J connectivity index is 1.76. The number of ether oxygens (including phenoxy) is 1. The number of likely N-dealkylation sites (N-methyl/N-ethyl adjacent to an activating group) is 1. The Morgan fingerprint density at radius 2 is 1.96 bits per heavy atom. The van der Waals surface area contributed by atoms with Gasteiger partial charge in [0.2, 0.25) is 0 Å². The molecule has 1 unspecified atom stereocenters. The van der Waals surface area contributed by atoms with Crippen molar-refractivity contribution in [3.63, 3.8) is 0 Å². The van der Waals surface area contributed by atoms with Crippen LogP contribution in [0.1, 0.15) is 30.5 Å². The van der Waals surface area contributed by atoms with E-state index in [4.69, 9.17) is 4.74 Å². The first-order valence-corrected chi connectivity index (χ1v) is 9.91. The number of rotatable bonds is 6. The van der Waals surface area contributed by atoms with Crippen molar-refractivity contribution in [1.82, 2.24) is 9.80 Å². The van der Waals surface area contributed by atoms with Crippen molar-refractivity contribution in [3.8, 4) is 5.75 Å². The molecule has 28 heavy (non-hydrogen) atoms. The summed E-state index contributed by atoms with van der Waals surface area (Å²) in [6, 6.07) is 16.5. The lowest BCUT2D eigenvalue weighted by molar-refractivity contribution is 0.0299. The molecule has 2 aromatic rings. The molecule has 0 amide bonds. The highest BCUT2D eigenvalue weighted by molar-refractivity contribution is 5.52. The third-order valence-corrected chi connectivity index (χ3v) is 5.05. The molecule has 4 heteroatoms. The van der Waals surface area contributed by atoms with Gasteiger partial charge in [-0.3, -0.25) is 4.90 Å². The molecule has 0 bridgehead atoms. The zero-order valence-electron chi connectivity index (χ0n) is 17.5. The average Bonchev–Trinajstić information content (AvgIpc) is 2.82. The topological polar surface area (TPSA) is 35.9 Å². The molecular formula is C24H32N2O2. The molecule has 1 N–H and O–H groups in total. The molecule has 1 heterocycles. The van der Waals surface area contributed by atoms with Crippen LogP contribution in [0.4, 0.5) is 0 Å². The zero-order chi connectivity index (χ0) is 20.1. The van der Waals surface area contributed by atoms with Gasteiger partial charge in [-0.15, -0.1) is 0 Å². The van der Waals surface area contributed by atoms with Crippen LogP contribution in [-0.2, 0) is 12.1 Å². The first-order chi connectivity index (χ1) is 13.3. The highest BCUT2D eigenvalue weighted by atomic mass is 16.5. The van der Waals surface area contributed by atoms with Gasteiger partial charge in [-0.05, 0) is 51.2 Å². The maximum Gasteiger partial charge on any atom is 0.123 e. The highest BCUT2D eigenvalue weighted by Crippen LogP contribution is 2.30. The first-order valence-electron chi connectivity index (χ1n) is 9.91. The molecule has 2 aromatic carbocycles. The van der Waals surface area contributed by atoms with Crippen LogP contribution in [0.15, 0.2) is 54.1 Å². The predicted molar refractivity (Wildman–Crippen MR) is 115 cm³/mol. The van der Waals surface area contributed by atoms with Gasteiger partial charge in [0.25, 0.3) is 0 Å². The predicted octanol–water partition coefficient (Wildman–Crippen LogP) is 3.75. The van der Waals surface area contributed by atoms with Gasteiger partial charge in [0.15, 0.2) is 0 Å². The van der Waals surface area contributed by atoms with Gasteiger partial charge < -0.3 is 14.7 Å². The van der Waals surface area contributed by atoms with E-state index in [0.29, 0.717) is 13.2 Å². The number of hydrogen-bond acceptors (Lipinski definition) is 4. The van der Waals surface area contributed by atoms with Crippen molar-refractivity contribution >= 4 is 6.08 Å². The molecule has 150 valence electrons. The van der Waals surface area contributed by atoms with Crippen molar-refractivity contribution < 1.29 is 9.84 Å². The fraction of sp³-hybridized carbons (Fsp3) is 0.417. The summed E-state index contributed by atoms with van der Waals surface area (Å²) in [5.74, 6) is 0.927. The van der Waals surface area contributed by atoms with Gasteiger partial charge in [0, 0.05) is 31.7 Å². The van der Waals surface area contributed by atoms with Crippen LogP contribution in [0.25, 0.3) is 6.08 Å². The molecule has 0 saturated carbocycles. The van der Waals surface area contributed by atoms with Gasteiger partial charge in [0.05, 0.1) is 5.60 Å². The molecule has 0 radical (unpaired) electrons. The van der Waals surface area contributed by atoms with Crippen LogP contribution in [0.3, 0.4) is 0 Å².